The Balaban J connectivity index is 1.83. The highest BCUT2D eigenvalue weighted by molar-refractivity contribution is 6.00. The Morgan fingerprint density at radius 2 is 1.69 bits per heavy atom. The third-order valence-electron chi connectivity index (χ3n) is 4.96. The van der Waals surface area contributed by atoms with Crippen LogP contribution in [0.2, 0.25) is 0 Å². The minimum absolute atomic E-state index is 0.172. The van der Waals surface area contributed by atoms with Gasteiger partial charge in [-0.1, -0.05) is 48.5 Å². The number of aryl methyl sites for hydroxylation is 1. The monoisotopic (exact) mass is 389 g/mol. The average molecular weight is 389 g/mol. The number of rotatable bonds is 5. The summed E-state index contributed by atoms with van der Waals surface area (Å²) < 4.78 is 0. The zero-order valence-electron chi connectivity index (χ0n) is 17.2. The molecule has 0 saturated heterocycles. The van der Waals surface area contributed by atoms with Crippen molar-refractivity contribution in [1.29, 1.82) is 0 Å². The van der Waals surface area contributed by atoms with Crippen molar-refractivity contribution < 1.29 is 9.59 Å². The Morgan fingerprint density at radius 3 is 2.41 bits per heavy atom. The van der Waals surface area contributed by atoms with E-state index >= 15 is 0 Å². The van der Waals surface area contributed by atoms with E-state index in [1.807, 2.05) is 44.2 Å². The molecule has 5 heteroatoms. The van der Waals surface area contributed by atoms with Gasteiger partial charge in [0.2, 0.25) is 5.91 Å². The number of fused-ring (bicyclic) bond motifs is 1. The van der Waals surface area contributed by atoms with Crippen LogP contribution in [0.25, 0.3) is 10.8 Å². The highest BCUT2D eigenvalue weighted by Gasteiger charge is 2.22. The van der Waals surface area contributed by atoms with Crippen molar-refractivity contribution >= 4 is 28.3 Å². The van der Waals surface area contributed by atoms with E-state index in [1.165, 1.54) is 0 Å². The Kier molecular flexibility index (Phi) is 5.71. The Labute approximate surface area is 171 Å². The van der Waals surface area contributed by atoms with E-state index in [-0.39, 0.29) is 17.9 Å². The van der Waals surface area contributed by atoms with Crippen LogP contribution in [0.4, 0.5) is 5.69 Å². The first-order chi connectivity index (χ1) is 13.7. The van der Waals surface area contributed by atoms with Crippen molar-refractivity contribution in [2.75, 3.05) is 5.32 Å². The molecule has 29 heavy (non-hydrogen) atoms. The van der Waals surface area contributed by atoms with E-state index in [2.05, 4.69) is 28.8 Å². The summed E-state index contributed by atoms with van der Waals surface area (Å²) >= 11 is 0. The number of hydrogen-bond acceptors (Lipinski definition) is 3. The van der Waals surface area contributed by atoms with Gasteiger partial charge in [0.15, 0.2) is 0 Å². The van der Waals surface area contributed by atoms with Gasteiger partial charge in [-0.15, -0.1) is 0 Å². The molecule has 0 heterocycles. The van der Waals surface area contributed by atoms with Gasteiger partial charge in [0, 0.05) is 11.3 Å². The third-order valence-corrected chi connectivity index (χ3v) is 4.96. The van der Waals surface area contributed by atoms with Crippen LogP contribution < -0.4 is 16.4 Å². The molecule has 3 aromatic carbocycles. The SMILES string of the molecule is Cc1ccc(NC(=O)C(C)(C)N)cc1C(=O)N[C@H](C)c1cccc2ccccc12. The molecule has 0 aliphatic heterocycles. The topological polar surface area (TPSA) is 84.2 Å². The summed E-state index contributed by atoms with van der Waals surface area (Å²) in [7, 11) is 0. The Hall–Kier alpha value is -3.18. The fraction of sp³-hybridized carbons (Fsp3) is 0.250. The molecule has 0 aliphatic rings. The maximum Gasteiger partial charge on any atom is 0.252 e. The Morgan fingerprint density at radius 1 is 1.00 bits per heavy atom. The fourth-order valence-corrected chi connectivity index (χ4v) is 3.22. The first-order valence-corrected chi connectivity index (χ1v) is 9.66. The standard InChI is InChI=1S/C24H27N3O2/c1-15-12-13-18(27-23(29)24(3,4)25)14-21(15)22(28)26-16(2)19-11-7-9-17-8-5-6-10-20(17)19/h5-14,16H,25H2,1-4H3,(H,26,28)(H,27,29)/t16-/m1/s1. The highest BCUT2D eigenvalue weighted by Crippen LogP contribution is 2.25. The number of amides is 2. The fourth-order valence-electron chi connectivity index (χ4n) is 3.22. The minimum Gasteiger partial charge on any atom is -0.345 e. The van der Waals surface area contributed by atoms with E-state index < -0.39 is 5.54 Å². The maximum absolute atomic E-state index is 13.0. The summed E-state index contributed by atoms with van der Waals surface area (Å²) in [6.07, 6.45) is 0. The van der Waals surface area contributed by atoms with Crippen LogP contribution in [0.15, 0.2) is 60.7 Å². The van der Waals surface area contributed by atoms with E-state index in [9.17, 15) is 9.59 Å². The quantitative estimate of drug-likeness (QED) is 0.608. The van der Waals surface area contributed by atoms with Gasteiger partial charge in [0.05, 0.1) is 11.6 Å². The summed E-state index contributed by atoms with van der Waals surface area (Å²) in [4.78, 5) is 25.1. The summed E-state index contributed by atoms with van der Waals surface area (Å²) in [5, 5.41) is 8.10. The van der Waals surface area contributed by atoms with Crippen LogP contribution in [-0.2, 0) is 4.79 Å². The Bertz CT molecular complexity index is 1060. The molecule has 0 aromatic heterocycles. The maximum atomic E-state index is 13.0. The molecule has 2 amide bonds. The number of anilines is 1. The van der Waals surface area contributed by atoms with Crippen molar-refractivity contribution in [2.24, 2.45) is 5.73 Å². The smallest absolute Gasteiger partial charge is 0.252 e. The van der Waals surface area contributed by atoms with Gasteiger partial charge in [0.1, 0.15) is 0 Å². The minimum atomic E-state index is -1.00. The largest absolute Gasteiger partial charge is 0.345 e. The van der Waals surface area contributed by atoms with Gasteiger partial charge >= 0.3 is 0 Å². The lowest BCUT2D eigenvalue weighted by Crippen LogP contribution is -2.45. The number of nitrogens with two attached hydrogens (primary N) is 1. The van der Waals surface area contributed by atoms with Crippen molar-refractivity contribution in [3.05, 3.63) is 77.4 Å². The van der Waals surface area contributed by atoms with E-state index in [4.69, 9.17) is 5.73 Å². The predicted molar refractivity (Wildman–Crippen MR) is 118 cm³/mol. The zero-order valence-corrected chi connectivity index (χ0v) is 17.2. The van der Waals surface area contributed by atoms with Crippen LogP contribution in [0.1, 0.15) is 48.3 Å². The van der Waals surface area contributed by atoms with Gasteiger partial charge in [-0.05, 0) is 61.7 Å². The predicted octanol–water partition coefficient (Wildman–Crippen LogP) is 4.32. The van der Waals surface area contributed by atoms with Crippen molar-refractivity contribution in [3.63, 3.8) is 0 Å². The van der Waals surface area contributed by atoms with E-state index in [0.717, 1.165) is 21.9 Å². The van der Waals surface area contributed by atoms with Crippen molar-refractivity contribution in [2.45, 2.75) is 39.3 Å². The average Bonchev–Trinajstić information content (AvgIpc) is 2.68. The summed E-state index contributed by atoms with van der Waals surface area (Å²) in [6.45, 7) is 7.11. The van der Waals surface area contributed by atoms with Gasteiger partial charge in [-0.3, -0.25) is 9.59 Å². The molecule has 3 rings (SSSR count). The molecule has 150 valence electrons. The highest BCUT2D eigenvalue weighted by atomic mass is 16.2. The second-order valence-corrected chi connectivity index (χ2v) is 7.97. The molecule has 0 aliphatic carbocycles. The summed E-state index contributed by atoms with van der Waals surface area (Å²) in [5.74, 6) is -0.497. The number of carbonyl (C=O) groups is 2. The molecule has 0 unspecified atom stereocenters. The van der Waals surface area contributed by atoms with Crippen molar-refractivity contribution in [1.82, 2.24) is 5.32 Å². The lowest BCUT2D eigenvalue weighted by atomic mass is 9.99. The van der Waals surface area contributed by atoms with Gasteiger partial charge in [0.25, 0.3) is 5.91 Å². The lowest BCUT2D eigenvalue weighted by molar-refractivity contribution is -0.120. The molecule has 0 fully saturated rings. The molecule has 0 radical (unpaired) electrons. The molecule has 5 nitrogen and oxygen atoms in total. The molecule has 0 spiro atoms. The van der Waals surface area contributed by atoms with Gasteiger partial charge in [-0.25, -0.2) is 0 Å². The first kappa shape index (κ1) is 20.6. The van der Waals surface area contributed by atoms with Crippen LogP contribution in [-0.4, -0.2) is 17.4 Å². The number of nitrogens with one attached hydrogen (secondary N) is 2. The van der Waals surface area contributed by atoms with Crippen LogP contribution in [0.3, 0.4) is 0 Å². The van der Waals surface area contributed by atoms with Gasteiger partial charge < -0.3 is 16.4 Å². The van der Waals surface area contributed by atoms with Crippen LogP contribution >= 0.6 is 0 Å². The first-order valence-electron chi connectivity index (χ1n) is 9.66. The van der Waals surface area contributed by atoms with Crippen LogP contribution in [0.5, 0.6) is 0 Å². The van der Waals surface area contributed by atoms with Crippen molar-refractivity contribution in [3.8, 4) is 0 Å². The van der Waals surface area contributed by atoms with E-state index in [0.29, 0.717) is 11.3 Å². The number of carbonyl (C=O) groups excluding carboxylic acids is 2. The molecular weight excluding hydrogens is 362 g/mol. The number of benzene rings is 3. The molecule has 0 saturated carbocycles. The van der Waals surface area contributed by atoms with Crippen LogP contribution in [0, 0.1) is 6.92 Å². The third kappa shape index (κ3) is 4.63. The zero-order chi connectivity index (χ0) is 21.2. The second kappa shape index (κ2) is 8.05. The summed E-state index contributed by atoms with van der Waals surface area (Å²) in [5.41, 5.74) is 7.79. The second-order valence-electron chi connectivity index (χ2n) is 7.97. The molecule has 3 aromatic rings. The number of hydrogen-bond donors (Lipinski definition) is 3. The molecule has 4 N–H and O–H groups in total. The lowest BCUT2D eigenvalue weighted by Gasteiger charge is -2.20. The van der Waals surface area contributed by atoms with E-state index in [1.54, 1.807) is 26.0 Å². The summed E-state index contributed by atoms with van der Waals surface area (Å²) in [6, 6.07) is 19.3. The normalized spacial score (nSPS) is 12.4. The molecular formula is C24H27N3O2. The molecule has 0 bridgehead atoms. The molecule has 1 atom stereocenters. The van der Waals surface area contributed by atoms with Gasteiger partial charge in [-0.2, -0.15) is 0 Å².